The van der Waals surface area contributed by atoms with Gasteiger partial charge in [-0.25, -0.2) is 4.39 Å². The van der Waals surface area contributed by atoms with Crippen LogP contribution in [0.5, 0.6) is 11.5 Å². The Morgan fingerprint density at radius 3 is 2.63 bits per heavy atom. The normalized spacial score (nSPS) is 21.2. The number of ether oxygens (including phenoxy) is 1. The maximum atomic E-state index is 16.0. The largest absolute Gasteiger partial charge is 0.457 e. The zero-order chi connectivity index (χ0) is 30.6. The third-order valence-electron chi connectivity index (χ3n) is 8.16. The standard InChI is InChI=1S/C32H30FN5O4S/c1-3-23(39)38-12-11-17(15-38)37-31(41)29-25-24-20(9-10-22(34)28(24)43-29)32(36,30(40)27(25)35)26-16(2)13-19(14-21(26)33)42-18-7-5-4-6-8-18/h3-10,13-14,17,27H,1,11-12,15,34-36H2,2H3,(H,37,41). The van der Waals surface area contributed by atoms with E-state index in [1.165, 1.54) is 12.1 Å². The van der Waals surface area contributed by atoms with E-state index in [0.717, 1.165) is 11.3 Å². The number of aryl methyl sites for hydroxylation is 1. The number of likely N-dealkylation sites (tertiary alicyclic amines) is 1. The number of halogens is 1. The molecule has 9 nitrogen and oxygen atoms in total. The second kappa shape index (κ2) is 10.6. The monoisotopic (exact) mass is 599 g/mol. The summed E-state index contributed by atoms with van der Waals surface area (Å²) in [7, 11) is 0. The zero-order valence-electron chi connectivity index (χ0n) is 23.4. The lowest BCUT2D eigenvalue weighted by Crippen LogP contribution is -2.53. The number of nitrogens with two attached hydrogens (primary N) is 3. The molecule has 1 fully saturated rings. The summed E-state index contributed by atoms with van der Waals surface area (Å²) >= 11 is 1.11. The van der Waals surface area contributed by atoms with E-state index in [-0.39, 0.29) is 28.1 Å². The molecule has 1 aromatic heterocycles. The number of Topliss-reactive ketones (excluding diaryl/α,β-unsaturated/α-hetero) is 1. The van der Waals surface area contributed by atoms with Crippen LogP contribution in [-0.4, -0.2) is 41.6 Å². The maximum Gasteiger partial charge on any atom is 0.262 e. The molecular formula is C32H30FN5O4S. The van der Waals surface area contributed by atoms with Gasteiger partial charge in [0.25, 0.3) is 5.91 Å². The second-order valence-electron chi connectivity index (χ2n) is 10.9. The predicted molar refractivity (Wildman–Crippen MR) is 163 cm³/mol. The summed E-state index contributed by atoms with van der Waals surface area (Å²) in [5.74, 6) is -1.24. The predicted octanol–water partition coefficient (Wildman–Crippen LogP) is 4.02. The molecule has 1 aliphatic heterocycles. The van der Waals surface area contributed by atoms with Gasteiger partial charge in [0.15, 0.2) is 5.78 Å². The SMILES string of the molecule is C=CC(=O)N1CCC(NC(=O)c2sc3c(N)ccc4c3c2C(N)C(=O)C4(N)c2c(C)cc(Oc3ccccc3)cc2F)C1. The number of nitrogens with one attached hydrogen (secondary N) is 1. The number of amides is 2. The van der Waals surface area contributed by atoms with E-state index in [1.54, 1.807) is 54.3 Å². The third-order valence-corrected chi connectivity index (χ3v) is 9.42. The molecule has 0 spiro atoms. The quantitative estimate of drug-likeness (QED) is 0.193. The number of carbonyl (C=O) groups is 3. The number of nitrogens with zero attached hydrogens (tertiary/aromatic N) is 1. The number of hydrogen-bond donors (Lipinski definition) is 4. The molecule has 1 saturated heterocycles. The molecule has 11 heteroatoms. The molecule has 4 aromatic rings. The maximum absolute atomic E-state index is 16.0. The van der Waals surface area contributed by atoms with Crippen LogP contribution in [0.25, 0.3) is 10.1 Å². The summed E-state index contributed by atoms with van der Waals surface area (Å²) < 4.78 is 22.3. The van der Waals surface area contributed by atoms with E-state index in [0.29, 0.717) is 57.7 Å². The highest BCUT2D eigenvalue weighted by Crippen LogP contribution is 2.50. The number of rotatable bonds is 6. The summed E-state index contributed by atoms with van der Waals surface area (Å²) in [5, 5.41) is 3.44. The lowest BCUT2D eigenvalue weighted by Gasteiger charge is -2.37. The molecule has 43 heavy (non-hydrogen) atoms. The number of nitrogen functional groups attached to an aromatic ring is 1. The Morgan fingerprint density at radius 1 is 1.19 bits per heavy atom. The van der Waals surface area contributed by atoms with Gasteiger partial charge in [-0.1, -0.05) is 30.8 Å². The van der Waals surface area contributed by atoms with Crippen LogP contribution >= 0.6 is 11.3 Å². The van der Waals surface area contributed by atoms with Crippen LogP contribution in [0, 0.1) is 12.7 Å². The number of ketones is 1. The molecule has 0 bridgehead atoms. The molecule has 3 aromatic carbocycles. The number of hydrogen-bond acceptors (Lipinski definition) is 8. The first-order valence-corrected chi connectivity index (χ1v) is 14.6. The van der Waals surface area contributed by atoms with Crippen molar-refractivity contribution in [2.24, 2.45) is 11.5 Å². The minimum Gasteiger partial charge on any atom is -0.457 e. The summed E-state index contributed by atoms with van der Waals surface area (Å²) in [4.78, 5) is 41.6. The summed E-state index contributed by atoms with van der Waals surface area (Å²) in [6.07, 6.45) is 1.81. The highest BCUT2D eigenvalue weighted by Gasteiger charge is 2.50. The molecular weight excluding hydrogens is 569 g/mol. The van der Waals surface area contributed by atoms with Gasteiger partial charge in [0.05, 0.1) is 15.6 Å². The van der Waals surface area contributed by atoms with Crippen molar-refractivity contribution in [2.45, 2.75) is 31.0 Å². The van der Waals surface area contributed by atoms with E-state index in [2.05, 4.69) is 11.9 Å². The molecule has 3 atom stereocenters. The lowest BCUT2D eigenvalue weighted by molar-refractivity contribution is -0.125. The molecule has 0 radical (unpaired) electrons. The Hall–Kier alpha value is -4.58. The lowest BCUT2D eigenvalue weighted by atomic mass is 9.69. The highest BCUT2D eigenvalue weighted by atomic mass is 32.1. The first-order valence-electron chi connectivity index (χ1n) is 13.7. The summed E-state index contributed by atoms with van der Waals surface area (Å²) in [6, 6.07) is 13.3. The van der Waals surface area contributed by atoms with Crippen molar-refractivity contribution in [1.82, 2.24) is 10.2 Å². The van der Waals surface area contributed by atoms with Gasteiger partial charge in [-0.2, -0.15) is 0 Å². The Balaban J connectivity index is 1.42. The van der Waals surface area contributed by atoms with E-state index < -0.39 is 29.1 Å². The fourth-order valence-electron chi connectivity index (χ4n) is 6.16. The van der Waals surface area contributed by atoms with Crippen molar-refractivity contribution >= 4 is 44.7 Å². The Bertz CT molecular complexity index is 1800. The molecule has 2 amide bonds. The highest BCUT2D eigenvalue weighted by molar-refractivity contribution is 7.21. The van der Waals surface area contributed by atoms with Gasteiger partial charge in [0.1, 0.15) is 22.9 Å². The third kappa shape index (κ3) is 4.56. The van der Waals surface area contributed by atoms with Crippen LogP contribution in [0.4, 0.5) is 10.1 Å². The molecule has 1 aliphatic carbocycles. The van der Waals surface area contributed by atoms with Crippen LogP contribution in [0.3, 0.4) is 0 Å². The number of anilines is 1. The fraction of sp³-hybridized carbons (Fsp3) is 0.219. The molecule has 2 aliphatic rings. The van der Waals surface area contributed by atoms with Gasteiger partial charge in [-0.05, 0) is 54.8 Å². The van der Waals surface area contributed by atoms with Gasteiger partial charge in [0, 0.05) is 47.4 Å². The van der Waals surface area contributed by atoms with Crippen molar-refractivity contribution < 1.29 is 23.5 Å². The molecule has 7 N–H and O–H groups in total. The average Bonchev–Trinajstić information content (AvgIpc) is 3.61. The van der Waals surface area contributed by atoms with Crippen molar-refractivity contribution in [3.63, 3.8) is 0 Å². The topological polar surface area (TPSA) is 154 Å². The van der Waals surface area contributed by atoms with Crippen LogP contribution in [0.1, 0.15) is 44.4 Å². The summed E-state index contributed by atoms with van der Waals surface area (Å²) in [5.41, 5.74) is 19.2. The van der Waals surface area contributed by atoms with Crippen molar-refractivity contribution in [3.8, 4) is 11.5 Å². The number of para-hydroxylation sites is 1. The van der Waals surface area contributed by atoms with E-state index in [4.69, 9.17) is 21.9 Å². The summed E-state index contributed by atoms with van der Waals surface area (Å²) in [6.45, 7) is 5.99. The van der Waals surface area contributed by atoms with Crippen molar-refractivity contribution in [3.05, 3.63) is 100 Å². The zero-order valence-corrected chi connectivity index (χ0v) is 24.2. The number of benzene rings is 3. The Kier molecular flexibility index (Phi) is 7.04. The minimum absolute atomic E-state index is 0.0276. The van der Waals surface area contributed by atoms with Gasteiger partial charge >= 0.3 is 0 Å². The van der Waals surface area contributed by atoms with Crippen LogP contribution < -0.4 is 27.3 Å². The van der Waals surface area contributed by atoms with Gasteiger partial charge < -0.3 is 32.2 Å². The average molecular weight is 600 g/mol. The number of thiophene rings is 1. The Morgan fingerprint density at radius 2 is 1.93 bits per heavy atom. The molecule has 2 heterocycles. The van der Waals surface area contributed by atoms with E-state index in [1.807, 2.05) is 6.07 Å². The first kappa shape index (κ1) is 28.5. The number of carbonyl (C=O) groups excluding carboxylic acids is 3. The van der Waals surface area contributed by atoms with Crippen LogP contribution in [-0.2, 0) is 15.1 Å². The van der Waals surface area contributed by atoms with Gasteiger partial charge in [-0.15, -0.1) is 11.3 Å². The smallest absolute Gasteiger partial charge is 0.262 e. The van der Waals surface area contributed by atoms with E-state index in [9.17, 15) is 14.4 Å². The molecule has 3 unspecified atom stereocenters. The molecule has 220 valence electrons. The van der Waals surface area contributed by atoms with Crippen LogP contribution in [0.2, 0.25) is 0 Å². The first-order chi connectivity index (χ1) is 20.5. The Labute approximate surface area is 251 Å². The van der Waals surface area contributed by atoms with Crippen molar-refractivity contribution in [1.29, 1.82) is 0 Å². The van der Waals surface area contributed by atoms with Gasteiger partial charge in [0.2, 0.25) is 5.91 Å². The molecule has 0 saturated carbocycles. The van der Waals surface area contributed by atoms with Crippen molar-refractivity contribution in [2.75, 3.05) is 18.8 Å². The second-order valence-corrected chi connectivity index (χ2v) is 11.9. The van der Waals surface area contributed by atoms with Gasteiger partial charge in [-0.3, -0.25) is 14.4 Å². The fourth-order valence-corrected chi connectivity index (χ4v) is 7.36. The van der Waals surface area contributed by atoms with Crippen LogP contribution in [0.15, 0.2) is 67.3 Å². The van der Waals surface area contributed by atoms with E-state index >= 15 is 4.39 Å². The molecule has 6 rings (SSSR count). The minimum atomic E-state index is -1.95.